The Balaban J connectivity index is 2.90. The van der Waals surface area contributed by atoms with Crippen LogP contribution in [0.15, 0.2) is 0 Å². The zero-order chi connectivity index (χ0) is 7.56. The van der Waals surface area contributed by atoms with Gasteiger partial charge in [-0.3, -0.25) is 0 Å². The minimum absolute atomic E-state index is 0.442. The lowest BCUT2D eigenvalue weighted by atomic mass is 10.1. The quantitative estimate of drug-likeness (QED) is 0.700. The molecule has 0 aliphatic carbocycles. The molecule has 56 valence electrons. The van der Waals surface area contributed by atoms with Crippen molar-refractivity contribution in [3.8, 4) is 0 Å². The van der Waals surface area contributed by atoms with Crippen molar-refractivity contribution in [3.63, 3.8) is 0 Å². The van der Waals surface area contributed by atoms with Crippen LogP contribution in [0.4, 0.5) is 0 Å². The monoisotopic (exact) mass is 157 g/mol. The standard InChI is InChI=1S/C6H11N3S/c1-4(2)6-5(3-7)10-9-8-6/h4H,3,7H2,1-2H3. The van der Waals surface area contributed by atoms with Crippen molar-refractivity contribution in [2.75, 3.05) is 0 Å². The van der Waals surface area contributed by atoms with Crippen molar-refractivity contribution in [1.82, 2.24) is 9.59 Å². The Morgan fingerprint density at radius 3 is 2.70 bits per heavy atom. The molecule has 0 bridgehead atoms. The third-order valence-electron chi connectivity index (χ3n) is 1.32. The molecule has 2 N–H and O–H groups in total. The van der Waals surface area contributed by atoms with E-state index in [0.29, 0.717) is 12.5 Å². The Morgan fingerprint density at radius 2 is 2.30 bits per heavy atom. The molecule has 0 spiro atoms. The van der Waals surface area contributed by atoms with E-state index in [0.717, 1.165) is 10.6 Å². The van der Waals surface area contributed by atoms with Crippen LogP contribution in [-0.4, -0.2) is 9.59 Å². The van der Waals surface area contributed by atoms with E-state index in [4.69, 9.17) is 5.73 Å². The topological polar surface area (TPSA) is 51.8 Å². The second-order valence-corrected chi connectivity index (χ2v) is 3.28. The van der Waals surface area contributed by atoms with E-state index in [1.54, 1.807) is 0 Å². The molecule has 1 heterocycles. The molecular formula is C6H11N3S. The summed E-state index contributed by atoms with van der Waals surface area (Å²) in [7, 11) is 0. The first-order chi connectivity index (χ1) is 4.75. The predicted molar refractivity (Wildman–Crippen MR) is 41.9 cm³/mol. The molecule has 1 aromatic rings. The van der Waals surface area contributed by atoms with E-state index in [1.165, 1.54) is 11.5 Å². The van der Waals surface area contributed by atoms with Gasteiger partial charge in [-0.1, -0.05) is 18.3 Å². The van der Waals surface area contributed by atoms with E-state index in [-0.39, 0.29) is 0 Å². The first-order valence-electron chi connectivity index (χ1n) is 3.27. The summed E-state index contributed by atoms with van der Waals surface area (Å²) < 4.78 is 3.83. The van der Waals surface area contributed by atoms with Gasteiger partial charge in [0.1, 0.15) is 0 Å². The van der Waals surface area contributed by atoms with E-state index < -0.39 is 0 Å². The van der Waals surface area contributed by atoms with Crippen LogP contribution in [0, 0.1) is 0 Å². The van der Waals surface area contributed by atoms with Crippen molar-refractivity contribution in [1.29, 1.82) is 0 Å². The maximum atomic E-state index is 5.46. The van der Waals surface area contributed by atoms with Crippen LogP contribution in [0.2, 0.25) is 0 Å². The van der Waals surface area contributed by atoms with E-state index in [2.05, 4.69) is 23.4 Å². The van der Waals surface area contributed by atoms with Gasteiger partial charge in [0.15, 0.2) is 0 Å². The molecule has 0 aromatic carbocycles. The minimum atomic E-state index is 0.442. The molecule has 0 amide bonds. The summed E-state index contributed by atoms with van der Waals surface area (Å²) in [5.41, 5.74) is 6.51. The van der Waals surface area contributed by atoms with Gasteiger partial charge in [-0.05, 0) is 17.5 Å². The highest BCUT2D eigenvalue weighted by molar-refractivity contribution is 7.05. The number of aromatic nitrogens is 2. The summed E-state index contributed by atoms with van der Waals surface area (Å²) >= 11 is 1.39. The van der Waals surface area contributed by atoms with Gasteiger partial charge < -0.3 is 5.73 Å². The fourth-order valence-corrected chi connectivity index (χ4v) is 1.47. The third-order valence-corrected chi connectivity index (χ3v) is 2.08. The molecule has 0 radical (unpaired) electrons. The van der Waals surface area contributed by atoms with Crippen LogP contribution in [0.1, 0.15) is 30.3 Å². The molecule has 0 aliphatic rings. The van der Waals surface area contributed by atoms with Crippen molar-refractivity contribution in [3.05, 3.63) is 10.6 Å². The van der Waals surface area contributed by atoms with Gasteiger partial charge in [-0.2, -0.15) is 0 Å². The van der Waals surface area contributed by atoms with E-state index in [1.807, 2.05) is 0 Å². The number of nitrogens with zero attached hydrogens (tertiary/aromatic N) is 2. The zero-order valence-electron chi connectivity index (χ0n) is 6.16. The zero-order valence-corrected chi connectivity index (χ0v) is 6.98. The first-order valence-corrected chi connectivity index (χ1v) is 4.04. The summed E-state index contributed by atoms with van der Waals surface area (Å²) in [5, 5.41) is 3.98. The fourth-order valence-electron chi connectivity index (χ4n) is 0.795. The van der Waals surface area contributed by atoms with Crippen molar-refractivity contribution in [2.45, 2.75) is 26.3 Å². The van der Waals surface area contributed by atoms with Gasteiger partial charge in [-0.25, -0.2) is 0 Å². The van der Waals surface area contributed by atoms with Gasteiger partial charge in [0.25, 0.3) is 0 Å². The lowest BCUT2D eigenvalue weighted by molar-refractivity contribution is 0.795. The molecule has 1 rings (SSSR count). The molecule has 0 fully saturated rings. The Hall–Kier alpha value is -0.480. The van der Waals surface area contributed by atoms with Crippen molar-refractivity contribution < 1.29 is 0 Å². The molecule has 0 aliphatic heterocycles. The largest absolute Gasteiger partial charge is 0.326 e. The maximum Gasteiger partial charge on any atom is 0.0825 e. The molecular weight excluding hydrogens is 146 g/mol. The first kappa shape index (κ1) is 7.63. The molecule has 4 heteroatoms. The minimum Gasteiger partial charge on any atom is -0.326 e. The van der Waals surface area contributed by atoms with E-state index >= 15 is 0 Å². The molecule has 10 heavy (non-hydrogen) atoms. The van der Waals surface area contributed by atoms with Crippen LogP contribution in [0.25, 0.3) is 0 Å². The summed E-state index contributed by atoms with van der Waals surface area (Å²) in [4.78, 5) is 1.11. The highest BCUT2D eigenvalue weighted by Crippen LogP contribution is 2.18. The normalized spacial score (nSPS) is 10.8. The smallest absolute Gasteiger partial charge is 0.0825 e. The van der Waals surface area contributed by atoms with Crippen molar-refractivity contribution >= 4 is 11.5 Å². The van der Waals surface area contributed by atoms with Crippen molar-refractivity contribution in [2.24, 2.45) is 5.73 Å². The predicted octanol–water partition coefficient (Wildman–Crippen LogP) is 1.12. The highest BCUT2D eigenvalue weighted by Gasteiger charge is 2.08. The fraction of sp³-hybridized carbons (Fsp3) is 0.667. The highest BCUT2D eigenvalue weighted by atomic mass is 32.1. The number of nitrogens with two attached hydrogens (primary N) is 1. The lowest BCUT2D eigenvalue weighted by Crippen LogP contribution is -1.99. The van der Waals surface area contributed by atoms with Crippen LogP contribution in [-0.2, 0) is 6.54 Å². The van der Waals surface area contributed by atoms with Crippen LogP contribution in [0.3, 0.4) is 0 Å². The SMILES string of the molecule is CC(C)c1nnsc1CN. The second kappa shape index (κ2) is 3.07. The van der Waals surface area contributed by atoms with Gasteiger partial charge in [0.2, 0.25) is 0 Å². The second-order valence-electron chi connectivity index (χ2n) is 2.44. The van der Waals surface area contributed by atoms with Crippen LogP contribution < -0.4 is 5.73 Å². The Morgan fingerprint density at radius 1 is 1.60 bits per heavy atom. The summed E-state index contributed by atoms with van der Waals surface area (Å²) in [5.74, 6) is 0.442. The summed E-state index contributed by atoms with van der Waals surface area (Å²) in [6, 6.07) is 0. The number of hydrogen-bond donors (Lipinski definition) is 1. The van der Waals surface area contributed by atoms with E-state index in [9.17, 15) is 0 Å². The summed E-state index contributed by atoms with van der Waals surface area (Å²) in [6.07, 6.45) is 0. The lowest BCUT2D eigenvalue weighted by Gasteiger charge is -1.99. The third kappa shape index (κ3) is 1.33. The summed E-state index contributed by atoms with van der Waals surface area (Å²) in [6.45, 7) is 4.75. The average molecular weight is 157 g/mol. The molecule has 0 saturated carbocycles. The van der Waals surface area contributed by atoms with Gasteiger partial charge in [-0.15, -0.1) is 5.10 Å². The van der Waals surface area contributed by atoms with Gasteiger partial charge >= 0.3 is 0 Å². The molecule has 3 nitrogen and oxygen atoms in total. The maximum absolute atomic E-state index is 5.46. The number of hydrogen-bond acceptors (Lipinski definition) is 4. The molecule has 0 atom stereocenters. The molecule has 0 saturated heterocycles. The Kier molecular flexibility index (Phi) is 2.34. The number of rotatable bonds is 2. The van der Waals surface area contributed by atoms with Gasteiger partial charge in [0, 0.05) is 6.54 Å². The molecule has 0 unspecified atom stereocenters. The molecule has 1 aromatic heterocycles. The van der Waals surface area contributed by atoms with Crippen LogP contribution in [0.5, 0.6) is 0 Å². The Bertz CT molecular complexity index is 207. The Labute approximate surface area is 64.4 Å². The van der Waals surface area contributed by atoms with Crippen LogP contribution >= 0.6 is 11.5 Å². The van der Waals surface area contributed by atoms with Gasteiger partial charge in [0.05, 0.1) is 10.6 Å². The average Bonchev–Trinajstić information content (AvgIpc) is 2.33.